The maximum atomic E-state index is 14.1. The minimum absolute atomic E-state index is 0.181. The van der Waals surface area contributed by atoms with Crippen molar-refractivity contribution in [1.29, 1.82) is 0 Å². The number of aliphatic hydroxyl groups is 1. The number of β-amino-alcohol motifs (C(OH)–C–C–N with tert-alkyl or cyclic N) is 1. The van der Waals surface area contributed by atoms with Gasteiger partial charge in [0, 0.05) is 47.8 Å². The van der Waals surface area contributed by atoms with Gasteiger partial charge in [-0.15, -0.1) is 23.5 Å². The van der Waals surface area contributed by atoms with Crippen LogP contribution in [0.1, 0.15) is 31.9 Å². The predicted octanol–water partition coefficient (Wildman–Crippen LogP) is 4.56. The van der Waals surface area contributed by atoms with E-state index in [-0.39, 0.29) is 11.9 Å². The van der Waals surface area contributed by atoms with Gasteiger partial charge in [-0.05, 0) is 67.5 Å². The average molecular weight is 665 g/mol. The molecule has 1 heterocycles. The van der Waals surface area contributed by atoms with Gasteiger partial charge in [0.15, 0.2) is 0 Å². The minimum Gasteiger partial charge on any atom is -0.392 e. The van der Waals surface area contributed by atoms with Crippen molar-refractivity contribution in [3.63, 3.8) is 0 Å². The van der Waals surface area contributed by atoms with Crippen LogP contribution >= 0.6 is 23.5 Å². The van der Waals surface area contributed by atoms with Gasteiger partial charge in [0.25, 0.3) is 5.91 Å². The number of amides is 5. The molecule has 0 aromatic heterocycles. The van der Waals surface area contributed by atoms with E-state index in [1.165, 1.54) is 0 Å². The van der Waals surface area contributed by atoms with Crippen LogP contribution in [0.2, 0.25) is 0 Å². The third-order valence-corrected chi connectivity index (χ3v) is 9.45. The summed E-state index contributed by atoms with van der Waals surface area (Å²) in [5.74, 6) is 0.219. The Balaban J connectivity index is 1.52. The smallest absolute Gasteiger partial charge is 0.315 e. The summed E-state index contributed by atoms with van der Waals surface area (Å²) in [4.78, 5) is 42.6. The molecule has 2 atom stereocenters. The lowest BCUT2D eigenvalue weighted by molar-refractivity contribution is -0.120. The van der Waals surface area contributed by atoms with Crippen LogP contribution in [0, 0.1) is 0 Å². The first kappa shape index (κ1) is 35.1. The maximum absolute atomic E-state index is 14.1. The molecule has 0 unspecified atom stereocenters. The van der Waals surface area contributed by atoms with E-state index in [0.29, 0.717) is 31.9 Å². The number of anilines is 1. The zero-order chi connectivity index (χ0) is 33.3. The summed E-state index contributed by atoms with van der Waals surface area (Å²) in [6.07, 6.45) is 1.52. The highest BCUT2D eigenvalue weighted by Gasteiger charge is 2.32. The summed E-state index contributed by atoms with van der Waals surface area (Å²) in [7, 11) is 1.59. The molecule has 3 aromatic carbocycles. The maximum Gasteiger partial charge on any atom is 0.315 e. The van der Waals surface area contributed by atoms with Gasteiger partial charge in [0.1, 0.15) is 6.04 Å². The van der Waals surface area contributed by atoms with Crippen LogP contribution in [0.25, 0.3) is 11.1 Å². The number of nitrogens with zero attached hydrogens (tertiary/aromatic N) is 1. The van der Waals surface area contributed by atoms with Crippen LogP contribution in [0.5, 0.6) is 0 Å². The molecular formula is C34H44N6O4S2. The second-order valence-electron chi connectivity index (χ2n) is 11.8. The normalized spacial score (nSPS) is 15.4. The number of thioether (sulfide) groups is 2. The molecule has 3 aromatic rings. The molecule has 1 aliphatic rings. The molecule has 46 heavy (non-hydrogen) atoms. The molecule has 0 radical (unpaired) electrons. The molecule has 0 saturated heterocycles. The zero-order valence-electron chi connectivity index (χ0n) is 27.0. The van der Waals surface area contributed by atoms with E-state index >= 15 is 0 Å². The molecule has 4 rings (SSSR count). The van der Waals surface area contributed by atoms with E-state index < -0.39 is 23.7 Å². The molecule has 12 heteroatoms. The first-order chi connectivity index (χ1) is 22.0. The Hall–Kier alpha value is -3.71. The molecule has 1 aliphatic heterocycles. The molecule has 0 spiro atoms. The molecule has 246 valence electrons. The first-order valence-electron chi connectivity index (χ1n) is 15.2. The molecule has 0 bridgehead atoms. The summed E-state index contributed by atoms with van der Waals surface area (Å²) < 4.78 is 0. The van der Waals surface area contributed by atoms with Gasteiger partial charge in [-0.25, -0.2) is 9.59 Å². The number of hydrogen-bond acceptors (Lipinski definition) is 7. The Morgan fingerprint density at radius 3 is 2.50 bits per heavy atom. The van der Waals surface area contributed by atoms with Crippen LogP contribution in [0.3, 0.4) is 0 Å². The summed E-state index contributed by atoms with van der Waals surface area (Å²) in [5, 5.41) is 24.0. The molecule has 0 aliphatic carbocycles. The van der Waals surface area contributed by atoms with Crippen molar-refractivity contribution in [2.24, 2.45) is 0 Å². The highest BCUT2D eigenvalue weighted by Crippen LogP contribution is 2.38. The van der Waals surface area contributed by atoms with E-state index in [9.17, 15) is 19.5 Å². The number of nitrogens with one attached hydrogen (secondary N) is 5. The second kappa shape index (κ2) is 16.2. The SMILES string of the molecule is CNC(=O)NCc1ccccc1-c1ccc(CN2C(=O)[C@H](NC(=O)NCC(C)(C)NC[C@@H](C)O)CSc3cc(SC)ccc32)cc1. The van der Waals surface area contributed by atoms with E-state index in [2.05, 4.69) is 32.7 Å². The Labute approximate surface area is 279 Å². The number of fused-ring (bicyclic) bond motifs is 1. The van der Waals surface area contributed by atoms with Crippen molar-refractivity contribution in [1.82, 2.24) is 26.6 Å². The van der Waals surface area contributed by atoms with E-state index in [0.717, 1.165) is 37.7 Å². The monoisotopic (exact) mass is 664 g/mol. The largest absolute Gasteiger partial charge is 0.392 e. The quantitative estimate of drug-likeness (QED) is 0.156. The van der Waals surface area contributed by atoms with Gasteiger partial charge in [-0.1, -0.05) is 48.5 Å². The third-order valence-electron chi connectivity index (χ3n) is 7.59. The number of urea groups is 2. The molecule has 0 saturated carbocycles. The number of carbonyl (C=O) groups excluding carboxylic acids is 3. The Kier molecular flexibility index (Phi) is 12.4. The molecule has 5 amide bonds. The van der Waals surface area contributed by atoms with Crippen molar-refractivity contribution in [3.8, 4) is 11.1 Å². The van der Waals surface area contributed by atoms with E-state index in [1.807, 2.05) is 80.8 Å². The lowest BCUT2D eigenvalue weighted by atomic mass is 9.98. The minimum atomic E-state index is -0.734. The topological polar surface area (TPSA) is 135 Å². The van der Waals surface area contributed by atoms with E-state index in [4.69, 9.17) is 0 Å². The highest BCUT2D eigenvalue weighted by molar-refractivity contribution is 8.00. The van der Waals surface area contributed by atoms with Crippen LogP contribution in [-0.2, 0) is 17.9 Å². The van der Waals surface area contributed by atoms with Crippen LogP contribution in [-0.4, -0.2) is 72.9 Å². The molecular weight excluding hydrogens is 621 g/mol. The van der Waals surface area contributed by atoms with Crippen molar-refractivity contribution in [3.05, 3.63) is 77.9 Å². The van der Waals surface area contributed by atoms with Gasteiger partial charge < -0.3 is 36.6 Å². The van der Waals surface area contributed by atoms with Crippen molar-refractivity contribution in [2.75, 3.05) is 37.0 Å². The van der Waals surface area contributed by atoms with E-state index in [1.54, 1.807) is 42.4 Å². The number of hydrogen-bond donors (Lipinski definition) is 6. The highest BCUT2D eigenvalue weighted by atomic mass is 32.2. The van der Waals surface area contributed by atoms with Crippen molar-refractivity contribution in [2.45, 2.75) is 61.3 Å². The Morgan fingerprint density at radius 1 is 1.07 bits per heavy atom. The van der Waals surface area contributed by atoms with Crippen LogP contribution < -0.4 is 31.5 Å². The van der Waals surface area contributed by atoms with Crippen molar-refractivity contribution >= 4 is 47.2 Å². The summed E-state index contributed by atoms with van der Waals surface area (Å²) in [6.45, 7) is 7.03. The summed E-state index contributed by atoms with van der Waals surface area (Å²) >= 11 is 3.20. The summed E-state index contributed by atoms with van der Waals surface area (Å²) in [5.41, 5.74) is 4.33. The molecule has 10 nitrogen and oxygen atoms in total. The first-order valence-corrected chi connectivity index (χ1v) is 17.4. The fourth-order valence-electron chi connectivity index (χ4n) is 4.97. The van der Waals surface area contributed by atoms with Gasteiger partial charge in [0.05, 0.1) is 18.3 Å². The number of rotatable bonds is 12. The Bertz CT molecular complexity index is 1520. The van der Waals surface area contributed by atoms with Crippen LogP contribution in [0.4, 0.5) is 15.3 Å². The fraction of sp³-hybridized carbons (Fsp3) is 0.382. The molecule has 6 N–H and O–H groups in total. The van der Waals surface area contributed by atoms with Gasteiger partial charge in [-0.3, -0.25) is 4.79 Å². The molecule has 0 fully saturated rings. The number of carbonyl (C=O) groups is 3. The average Bonchev–Trinajstić information content (AvgIpc) is 3.18. The fourth-order valence-corrected chi connectivity index (χ4v) is 6.59. The number of benzene rings is 3. The summed E-state index contributed by atoms with van der Waals surface area (Å²) in [6, 6.07) is 20.7. The standard InChI is InChI=1S/C34H44N6O4S2/c1-22(41)17-38-34(2,3)21-37-33(44)39-28-20-46-30-16-26(45-5)14-15-29(30)40(31(28)42)19-23-10-12-24(13-11-23)27-9-7-6-8-25(27)18-36-32(43)35-4/h6-16,22,28,38,41H,17-21H2,1-5H3,(H2,35,36,43)(H2,37,39,44)/t22-,28-/m1/s1. The predicted molar refractivity (Wildman–Crippen MR) is 187 cm³/mol. The van der Waals surface area contributed by atoms with Gasteiger partial charge >= 0.3 is 12.1 Å². The number of aliphatic hydroxyl groups excluding tert-OH is 1. The van der Waals surface area contributed by atoms with Crippen molar-refractivity contribution < 1.29 is 19.5 Å². The third kappa shape index (κ3) is 9.65. The lowest BCUT2D eigenvalue weighted by Gasteiger charge is -2.29. The van der Waals surface area contributed by atoms with Gasteiger partial charge in [0.2, 0.25) is 0 Å². The second-order valence-corrected chi connectivity index (χ2v) is 13.8. The van der Waals surface area contributed by atoms with Crippen LogP contribution in [0.15, 0.2) is 76.5 Å². The lowest BCUT2D eigenvalue weighted by Crippen LogP contribution is -2.56. The van der Waals surface area contributed by atoms with Gasteiger partial charge in [-0.2, -0.15) is 0 Å². The zero-order valence-corrected chi connectivity index (χ0v) is 28.6. The Morgan fingerprint density at radius 2 is 1.80 bits per heavy atom.